The monoisotopic (exact) mass is 174 g/mol. The topological polar surface area (TPSA) is 0 Å². The molecule has 0 aromatic carbocycles. The summed E-state index contributed by atoms with van der Waals surface area (Å²) < 4.78 is 1.65. The van der Waals surface area contributed by atoms with E-state index in [1.54, 1.807) is 4.44 Å². The molecular formula is C7H10Se. The molecular weight excluding hydrogens is 163 g/mol. The Morgan fingerprint density at radius 3 is 3.00 bits per heavy atom. The fourth-order valence-electron chi connectivity index (χ4n) is 0.701. The van der Waals surface area contributed by atoms with Gasteiger partial charge in [-0.2, -0.15) is 0 Å². The van der Waals surface area contributed by atoms with Crippen molar-refractivity contribution in [2.75, 3.05) is 0 Å². The van der Waals surface area contributed by atoms with Crippen LogP contribution in [-0.4, -0.2) is 14.5 Å². The molecule has 0 aliphatic carbocycles. The second-order valence-corrected chi connectivity index (χ2v) is 4.00. The van der Waals surface area contributed by atoms with Crippen LogP contribution in [-0.2, 0) is 6.42 Å². The van der Waals surface area contributed by atoms with Gasteiger partial charge < -0.3 is 0 Å². The zero-order chi connectivity index (χ0) is 5.82. The standard InChI is InChI=1S/C7H10Se/c1-2-4-7-5-3-6-8-7/h3,5-6H,2,4H2,1H3. The Hall–Kier alpha value is -0.000519. The second kappa shape index (κ2) is 3.11. The molecule has 0 radical (unpaired) electrons. The molecule has 0 saturated carbocycles. The molecule has 0 atom stereocenters. The minimum absolute atomic E-state index is 0.718. The SMILES string of the molecule is CCCc1ccc[se]1. The number of hydrogen-bond acceptors (Lipinski definition) is 0. The molecule has 0 aliphatic heterocycles. The van der Waals surface area contributed by atoms with Gasteiger partial charge in [0.1, 0.15) is 0 Å². The first-order chi connectivity index (χ1) is 3.93. The van der Waals surface area contributed by atoms with Gasteiger partial charge in [0.15, 0.2) is 0 Å². The summed E-state index contributed by atoms with van der Waals surface area (Å²) in [6.07, 6.45) is 2.61. The van der Waals surface area contributed by atoms with Crippen LogP contribution < -0.4 is 0 Å². The summed E-state index contributed by atoms with van der Waals surface area (Å²) in [6.45, 7) is 2.23. The third-order valence-electron chi connectivity index (χ3n) is 1.08. The van der Waals surface area contributed by atoms with Crippen LogP contribution in [0, 0.1) is 0 Å². The van der Waals surface area contributed by atoms with Gasteiger partial charge >= 0.3 is 55.8 Å². The van der Waals surface area contributed by atoms with Gasteiger partial charge in [-0.05, 0) is 0 Å². The fourth-order valence-corrected chi connectivity index (χ4v) is 2.40. The molecule has 1 heteroatoms. The van der Waals surface area contributed by atoms with Gasteiger partial charge in [0.05, 0.1) is 0 Å². The van der Waals surface area contributed by atoms with Crippen LogP contribution in [0.5, 0.6) is 0 Å². The molecule has 0 saturated heterocycles. The van der Waals surface area contributed by atoms with Crippen LogP contribution in [0.3, 0.4) is 0 Å². The van der Waals surface area contributed by atoms with E-state index in [-0.39, 0.29) is 0 Å². The van der Waals surface area contributed by atoms with E-state index in [0.29, 0.717) is 0 Å². The fraction of sp³-hybridized carbons (Fsp3) is 0.429. The van der Waals surface area contributed by atoms with Crippen LogP contribution in [0.25, 0.3) is 0 Å². The first-order valence-electron chi connectivity index (χ1n) is 2.96. The Morgan fingerprint density at radius 1 is 1.62 bits per heavy atom. The minimum atomic E-state index is 0.718. The predicted molar refractivity (Wildman–Crippen MR) is 37.4 cm³/mol. The van der Waals surface area contributed by atoms with Gasteiger partial charge in [0, 0.05) is 0 Å². The van der Waals surface area contributed by atoms with E-state index in [1.807, 2.05) is 0 Å². The summed E-state index contributed by atoms with van der Waals surface area (Å²) in [5, 5.41) is 0. The van der Waals surface area contributed by atoms with Gasteiger partial charge in [-0.25, -0.2) is 0 Å². The third kappa shape index (κ3) is 1.50. The summed E-state index contributed by atoms with van der Waals surface area (Å²) in [5.74, 6) is 0. The molecule has 1 heterocycles. The Kier molecular flexibility index (Phi) is 2.38. The van der Waals surface area contributed by atoms with Crippen molar-refractivity contribution in [1.29, 1.82) is 0 Å². The van der Waals surface area contributed by atoms with Crippen molar-refractivity contribution in [2.24, 2.45) is 0 Å². The van der Waals surface area contributed by atoms with Gasteiger partial charge in [-0.3, -0.25) is 0 Å². The van der Waals surface area contributed by atoms with Crippen LogP contribution >= 0.6 is 0 Å². The predicted octanol–water partition coefficient (Wildman–Crippen LogP) is 1.70. The van der Waals surface area contributed by atoms with Crippen molar-refractivity contribution >= 4 is 14.5 Å². The van der Waals surface area contributed by atoms with E-state index in [4.69, 9.17) is 0 Å². The van der Waals surface area contributed by atoms with Crippen LogP contribution in [0.2, 0.25) is 0 Å². The summed E-state index contributed by atoms with van der Waals surface area (Å²) in [6, 6.07) is 4.43. The molecule has 0 bridgehead atoms. The number of rotatable bonds is 2. The summed E-state index contributed by atoms with van der Waals surface area (Å²) >= 11 is 0.718. The maximum absolute atomic E-state index is 2.28. The average Bonchev–Trinajstić information content (AvgIpc) is 2.19. The Bertz CT molecular complexity index is 130. The van der Waals surface area contributed by atoms with Gasteiger partial charge in [0.2, 0.25) is 0 Å². The van der Waals surface area contributed by atoms with E-state index < -0.39 is 0 Å². The summed E-state index contributed by atoms with van der Waals surface area (Å²) in [4.78, 5) is 2.28. The third-order valence-corrected chi connectivity index (χ3v) is 3.04. The molecule has 0 N–H and O–H groups in total. The zero-order valence-corrected chi connectivity index (χ0v) is 6.77. The maximum atomic E-state index is 2.28. The molecule has 8 heavy (non-hydrogen) atoms. The molecule has 1 aromatic heterocycles. The molecule has 1 rings (SSSR count). The first kappa shape index (κ1) is 6.12. The van der Waals surface area contributed by atoms with Crippen molar-refractivity contribution in [2.45, 2.75) is 19.8 Å². The van der Waals surface area contributed by atoms with Gasteiger partial charge in [0.25, 0.3) is 0 Å². The summed E-state index contributed by atoms with van der Waals surface area (Å²) in [5.41, 5.74) is 0. The van der Waals surface area contributed by atoms with Gasteiger partial charge in [-0.1, -0.05) is 0 Å². The van der Waals surface area contributed by atoms with Crippen molar-refractivity contribution < 1.29 is 0 Å². The Labute approximate surface area is 56.3 Å². The van der Waals surface area contributed by atoms with E-state index in [9.17, 15) is 0 Å². The van der Waals surface area contributed by atoms with E-state index in [0.717, 1.165) is 14.5 Å². The number of hydrogen-bond donors (Lipinski definition) is 0. The second-order valence-electron chi connectivity index (χ2n) is 1.83. The molecule has 0 nitrogen and oxygen atoms in total. The van der Waals surface area contributed by atoms with Gasteiger partial charge in [-0.15, -0.1) is 0 Å². The number of aryl methyl sites for hydroxylation is 1. The molecule has 0 amide bonds. The quantitative estimate of drug-likeness (QED) is 0.597. The molecule has 0 aliphatic rings. The van der Waals surface area contributed by atoms with Crippen molar-refractivity contribution in [3.63, 3.8) is 0 Å². The van der Waals surface area contributed by atoms with E-state index in [1.165, 1.54) is 12.8 Å². The van der Waals surface area contributed by atoms with E-state index in [2.05, 4.69) is 24.0 Å². The Balaban J connectivity index is 2.50. The van der Waals surface area contributed by atoms with E-state index >= 15 is 0 Å². The van der Waals surface area contributed by atoms with Crippen LogP contribution in [0.4, 0.5) is 0 Å². The average molecular weight is 173 g/mol. The Morgan fingerprint density at radius 2 is 2.50 bits per heavy atom. The van der Waals surface area contributed by atoms with Crippen molar-refractivity contribution in [1.82, 2.24) is 0 Å². The summed E-state index contributed by atoms with van der Waals surface area (Å²) in [7, 11) is 0. The molecule has 1 aromatic rings. The molecule has 0 fully saturated rings. The zero-order valence-electron chi connectivity index (χ0n) is 5.05. The van der Waals surface area contributed by atoms with Crippen LogP contribution in [0.15, 0.2) is 17.1 Å². The molecule has 0 spiro atoms. The normalized spacial score (nSPS) is 9.62. The first-order valence-corrected chi connectivity index (χ1v) is 4.80. The van der Waals surface area contributed by atoms with Crippen molar-refractivity contribution in [3.8, 4) is 0 Å². The molecule has 0 unspecified atom stereocenters. The van der Waals surface area contributed by atoms with Crippen molar-refractivity contribution in [3.05, 3.63) is 21.5 Å². The van der Waals surface area contributed by atoms with Crippen LogP contribution in [0.1, 0.15) is 17.8 Å². The molecule has 44 valence electrons.